The van der Waals surface area contributed by atoms with Crippen LogP contribution in [0.5, 0.6) is 0 Å². The predicted molar refractivity (Wildman–Crippen MR) is 121 cm³/mol. The van der Waals surface area contributed by atoms with Crippen molar-refractivity contribution in [2.45, 2.75) is 105 Å². The molecule has 0 saturated heterocycles. The number of carbonyl (C=O) groups excluding carboxylic acids is 2. The highest BCUT2D eigenvalue weighted by molar-refractivity contribution is 5.66. The van der Waals surface area contributed by atoms with E-state index < -0.39 is 0 Å². The summed E-state index contributed by atoms with van der Waals surface area (Å²) in [6.07, 6.45) is 11.3. The van der Waals surface area contributed by atoms with Gasteiger partial charge < -0.3 is 9.47 Å². The van der Waals surface area contributed by atoms with Gasteiger partial charge in [-0.3, -0.25) is 9.59 Å². The maximum atomic E-state index is 12.1. The van der Waals surface area contributed by atoms with E-state index in [1.165, 1.54) is 38.2 Å². The molecule has 4 saturated carbocycles. The van der Waals surface area contributed by atoms with Gasteiger partial charge in [-0.1, -0.05) is 25.5 Å². The second-order valence-corrected chi connectivity index (χ2v) is 11.6. The Balaban J connectivity index is 1.65. The fraction of sp³-hybridized carbons (Fsp3) is 0.852. The maximum absolute atomic E-state index is 12.1. The average Bonchev–Trinajstić information content (AvgIpc) is 3.04. The summed E-state index contributed by atoms with van der Waals surface area (Å²) < 4.78 is 11.7. The standard InChI is InChI=1S/C27H42O4/c1-7-16(2)21-8-9-22-25-23(11-13-27(21,22)6)26(5)12-10-20(30-17(3)28)14-19(26)15-24(25)31-18(4)29/h7,19-25H,8-15H2,1-6H3/b16-7-/t19-,20+,21+,22-,23-,24+,25-,26-,27+/m0/s1. The van der Waals surface area contributed by atoms with Crippen molar-refractivity contribution in [2.75, 3.05) is 0 Å². The summed E-state index contributed by atoms with van der Waals surface area (Å²) in [6.45, 7) is 12.6. The topological polar surface area (TPSA) is 52.6 Å². The third-order valence-corrected chi connectivity index (χ3v) is 10.3. The van der Waals surface area contributed by atoms with Gasteiger partial charge in [-0.15, -0.1) is 0 Å². The molecule has 174 valence electrons. The molecule has 0 spiro atoms. The van der Waals surface area contributed by atoms with Crippen LogP contribution in [0.25, 0.3) is 0 Å². The zero-order valence-corrected chi connectivity index (χ0v) is 20.4. The number of esters is 2. The van der Waals surface area contributed by atoms with Gasteiger partial charge in [0.1, 0.15) is 12.2 Å². The number of hydrogen-bond donors (Lipinski definition) is 0. The SMILES string of the molecule is C/C=C(/C)[C@H]1CC[C@H]2[C@@H]3[C@H](OC(C)=O)C[C@@H]4C[C@H](OC(C)=O)CC[C@]4(C)[C@H]3CC[C@]12C. The van der Waals surface area contributed by atoms with Crippen molar-refractivity contribution in [3.8, 4) is 0 Å². The van der Waals surface area contributed by atoms with E-state index in [1.807, 2.05) is 0 Å². The van der Waals surface area contributed by atoms with Crippen LogP contribution in [0.4, 0.5) is 0 Å². The molecule has 0 N–H and O–H groups in total. The zero-order valence-electron chi connectivity index (χ0n) is 20.4. The first-order valence-corrected chi connectivity index (χ1v) is 12.6. The van der Waals surface area contributed by atoms with Crippen LogP contribution in [0.1, 0.15) is 92.9 Å². The van der Waals surface area contributed by atoms with Gasteiger partial charge in [0.2, 0.25) is 0 Å². The molecule has 0 amide bonds. The van der Waals surface area contributed by atoms with Crippen LogP contribution in [0.15, 0.2) is 11.6 Å². The molecular formula is C27H42O4. The average molecular weight is 431 g/mol. The normalized spacial score (nSPS) is 47.0. The molecule has 4 aliphatic rings. The van der Waals surface area contributed by atoms with E-state index >= 15 is 0 Å². The van der Waals surface area contributed by atoms with E-state index in [-0.39, 0.29) is 29.6 Å². The molecule has 0 aromatic heterocycles. The molecule has 4 heteroatoms. The molecule has 0 aromatic rings. The number of rotatable bonds is 3. The second kappa shape index (κ2) is 8.23. The number of carbonyl (C=O) groups is 2. The van der Waals surface area contributed by atoms with Gasteiger partial charge in [0.05, 0.1) is 0 Å². The minimum atomic E-state index is -0.177. The Morgan fingerprint density at radius 2 is 1.48 bits per heavy atom. The van der Waals surface area contributed by atoms with Gasteiger partial charge in [-0.05, 0) is 99.7 Å². The highest BCUT2D eigenvalue weighted by atomic mass is 16.5. The van der Waals surface area contributed by atoms with Crippen LogP contribution in [-0.2, 0) is 19.1 Å². The fourth-order valence-electron chi connectivity index (χ4n) is 8.79. The Bertz CT molecular complexity index is 756. The molecule has 4 fully saturated rings. The van der Waals surface area contributed by atoms with E-state index in [1.54, 1.807) is 6.92 Å². The molecule has 9 atom stereocenters. The number of hydrogen-bond acceptors (Lipinski definition) is 4. The minimum absolute atomic E-state index is 0.00550. The third-order valence-electron chi connectivity index (χ3n) is 10.3. The van der Waals surface area contributed by atoms with Gasteiger partial charge in [0.25, 0.3) is 0 Å². The number of fused-ring (bicyclic) bond motifs is 5. The van der Waals surface area contributed by atoms with Crippen molar-refractivity contribution >= 4 is 11.9 Å². The Kier molecular flexibility index (Phi) is 6.07. The first-order valence-electron chi connectivity index (χ1n) is 12.6. The molecule has 4 aliphatic carbocycles. The molecule has 0 unspecified atom stereocenters. The quantitative estimate of drug-likeness (QED) is 0.402. The zero-order chi connectivity index (χ0) is 22.6. The Labute approximate surface area is 188 Å². The summed E-state index contributed by atoms with van der Waals surface area (Å²) in [5.74, 6) is 2.47. The highest BCUT2D eigenvalue weighted by Gasteiger charge is 2.63. The lowest BCUT2D eigenvalue weighted by atomic mass is 9.44. The molecule has 0 radical (unpaired) electrons. The first kappa shape index (κ1) is 22.9. The van der Waals surface area contributed by atoms with Crippen molar-refractivity contribution in [3.63, 3.8) is 0 Å². The second-order valence-electron chi connectivity index (χ2n) is 11.6. The third kappa shape index (κ3) is 3.76. The smallest absolute Gasteiger partial charge is 0.302 e. The van der Waals surface area contributed by atoms with Crippen molar-refractivity contribution < 1.29 is 19.1 Å². The van der Waals surface area contributed by atoms with E-state index in [9.17, 15) is 9.59 Å². The summed E-state index contributed by atoms with van der Waals surface area (Å²) in [5, 5.41) is 0. The highest BCUT2D eigenvalue weighted by Crippen LogP contribution is 2.68. The predicted octanol–water partition coefficient (Wildman–Crippen LogP) is 6.08. The molecule has 31 heavy (non-hydrogen) atoms. The molecule has 0 bridgehead atoms. The summed E-state index contributed by atoms with van der Waals surface area (Å²) in [7, 11) is 0. The van der Waals surface area contributed by atoms with Crippen molar-refractivity contribution in [3.05, 3.63) is 11.6 Å². The fourth-order valence-corrected chi connectivity index (χ4v) is 8.79. The van der Waals surface area contributed by atoms with E-state index in [4.69, 9.17) is 9.47 Å². The van der Waals surface area contributed by atoms with Crippen LogP contribution in [0, 0.1) is 40.4 Å². The summed E-state index contributed by atoms with van der Waals surface area (Å²) in [6, 6.07) is 0. The largest absolute Gasteiger partial charge is 0.463 e. The molecule has 0 heterocycles. The van der Waals surface area contributed by atoms with Crippen molar-refractivity contribution in [2.24, 2.45) is 40.4 Å². The van der Waals surface area contributed by atoms with Crippen LogP contribution in [0.2, 0.25) is 0 Å². The number of allylic oxidation sites excluding steroid dienone is 2. The maximum Gasteiger partial charge on any atom is 0.302 e. The van der Waals surface area contributed by atoms with Gasteiger partial charge >= 0.3 is 11.9 Å². The van der Waals surface area contributed by atoms with Gasteiger partial charge in [-0.2, -0.15) is 0 Å². The van der Waals surface area contributed by atoms with Crippen LogP contribution >= 0.6 is 0 Å². The lowest BCUT2D eigenvalue weighted by Gasteiger charge is -2.62. The van der Waals surface area contributed by atoms with E-state index in [0.717, 1.165) is 25.7 Å². The Morgan fingerprint density at radius 3 is 2.13 bits per heavy atom. The lowest BCUT2D eigenvalue weighted by Crippen LogP contribution is -2.59. The molecule has 0 aromatic carbocycles. The monoisotopic (exact) mass is 430 g/mol. The van der Waals surface area contributed by atoms with Crippen LogP contribution < -0.4 is 0 Å². The first-order chi connectivity index (χ1) is 14.6. The van der Waals surface area contributed by atoms with Crippen molar-refractivity contribution in [1.29, 1.82) is 0 Å². The van der Waals surface area contributed by atoms with Crippen LogP contribution in [-0.4, -0.2) is 24.1 Å². The van der Waals surface area contributed by atoms with Gasteiger partial charge in [0, 0.05) is 19.8 Å². The van der Waals surface area contributed by atoms with Crippen LogP contribution in [0.3, 0.4) is 0 Å². The van der Waals surface area contributed by atoms with Gasteiger partial charge in [-0.25, -0.2) is 0 Å². The summed E-state index contributed by atoms with van der Waals surface area (Å²) in [4.78, 5) is 23.7. The van der Waals surface area contributed by atoms with E-state index in [2.05, 4.69) is 33.8 Å². The molecular weight excluding hydrogens is 388 g/mol. The Morgan fingerprint density at radius 1 is 0.839 bits per heavy atom. The summed E-state index contributed by atoms with van der Waals surface area (Å²) >= 11 is 0. The molecule has 0 aliphatic heterocycles. The van der Waals surface area contributed by atoms with Crippen molar-refractivity contribution in [1.82, 2.24) is 0 Å². The Hall–Kier alpha value is -1.32. The molecule has 4 nitrogen and oxygen atoms in total. The number of ether oxygens (including phenoxy) is 2. The lowest BCUT2D eigenvalue weighted by molar-refractivity contribution is -0.195. The summed E-state index contributed by atoms with van der Waals surface area (Å²) in [5.41, 5.74) is 2.11. The molecule has 4 rings (SSSR count). The minimum Gasteiger partial charge on any atom is -0.463 e. The van der Waals surface area contributed by atoms with E-state index in [0.29, 0.717) is 35.0 Å². The van der Waals surface area contributed by atoms with Gasteiger partial charge in [0.15, 0.2) is 0 Å².